The Kier molecular flexibility index (Phi) is 8.08. The Morgan fingerprint density at radius 2 is 1.68 bits per heavy atom. The number of carbonyl (C=O) groups is 1. The summed E-state index contributed by atoms with van der Waals surface area (Å²) in [5.74, 6) is 1.37. The zero-order chi connectivity index (χ0) is 26.4. The first-order chi connectivity index (χ1) is 17.7. The first kappa shape index (κ1) is 26.2. The van der Waals surface area contributed by atoms with Crippen LogP contribution in [0.2, 0.25) is 0 Å². The van der Waals surface area contributed by atoms with E-state index in [1.807, 2.05) is 72.2 Å². The van der Waals surface area contributed by atoms with Gasteiger partial charge in [0, 0.05) is 11.3 Å². The number of aromatic nitrogens is 3. The second-order valence-electron chi connectivity index (χ2n) is 9.66. The van der Waals surface area contributed by atoms with Gasteiger partial charge < -0.3 is 4.74 Å². The number of hydrogen-bond donors (Lipinski definition) is 1. The van der Waals surface area contributed by atoms with Crippen LogP contribution in [0.5, 0.6) is 5.75 Å². The Hall–Kier alpha value is -3.91. The highest BCUT2D eigenvalue weighted by Gasteiger charge is 2.17. The van der Waals surface area contributed by atoms with E-state index in [2.05, 4.69) is 53.6 Å². The van der Waals surface area contributed by atoms with Crippen LogP contribution in [0, 0.1) is 6.92 Å². The minimum Gasteiger partial charge on any atom is -0.497 e. The number of methoxy groups -OCH3 is 1. The van der Waals surface area contributed by atoms with Crippen molar-refractivity contribution >= 4 is 23.9 Å². The van der Waals surface area contributed by atoms with Crippen molar-refractivity contribution in [3.8, 4) is 22.8 Å². The van der Waals surface area contributed by atoms with E-state index in [1.165, 1.54) is 17.3 Å². The number of hydrogen-bond acceptors (Lipinski definition) is 6. The first-order valence-electron chi connectivity index (χ1n) is 12.0. The number of carbonyl (C=O) groups excluding carboxylic acids is 1. The number of aryl methyl sites for hydroxylation is 1. The molecule has 37 heavy (non-hydrogen) atoms. The maximum absolute atomic E-state index is 12.5. The molecule has 0 fully saturated rings. The molecule has 0 aliphatic carbocycles. The molecule has 190 valence electrons. The molecule has 0 aliphatic heterocycles. The van der Waals surface area contributed by atoms with Gasteiger partial charge in [-0.1, -0.05) is 74.5 Å². The van der Waals surface area contributed by atoms with E-state index >= 15 is 0 Å². The molecule has 0 spiro atoms. The van der Waals surface area contributed by atoms with Crippen LogP contribution in [0.15, 0.2) is 83.1 Å². The summed E-state index contributed by atoms with van der Waals surface area (Å²) in [5, 5.41) is 13.6. The van der Waals surface area contributed by atoms with Crippen LogP contribution in [-0.2, 0) is 10.2 Å². The normalized spacial score (nSPS) is 11.6. The summed E-state index contributed by atoms with van der Waals surface area (Å²) in [6.45, 7) is 8.56. The number of hydrazone groups is 1. The van der Waals surface area contributed by atoms with Gasteiger partial charge in [0.1, 0.15) is 5.75 Å². The Morgan fingerprint density at radius 1 is 1.00 bits per heavy atom. The smallest absolute Gasteiger partial charge is 0.250 e. The molecule has 0 saturated carbocycles. The van der Waals surface area contributed by atoms with E-state index in [0.717, 1.165) is 28.1 Å². The highest BCUT2D eigenvalue weighted by atomic mass is 32.2. The van der Waals surface area contributed by atoms with Gasteiger partial charge in [0.2, 0.25) is 0 Å². The molecular weight excluding hydrogens is 482 g/mol. The number of nitrogens with one attached hydrogen (secondary N) is 1. The zero-order valence-electron chi connectivity index (χ0n) is 21.7. The summed E-state index contributed by atoms with van der Waals surface area (Å²) in [7, 11) is 1.64. The van der Waals surface area contributed by atoms with Crippen molar-refractivity contribution in [1.29, 1.82) is 0 Å². The minimum absolute atomic E-state index is 0.0908. The lowest BCUT2D eigenvalue weighted by atomic mass is 9.87. The van der Waals surface area contributed by atoms with Crippen molar-refractivity contribution < 1.29 is 9.53 Å². The molecule has 4 rings (SSSR count). The Balaban J connectivity index is 1.46. The summed E-state index contributed by atoms with van der Waals surface area (Å²) in [6.07, 6.45) is 1.64. The highest BCUT2D eigenvalue weighted by Crippen LogP contribution is 2.29. The molecule has 1 N–H and O–H groups in total. The van der Waals surface area contributed by atoms with Gasteiger partial charge >= 0.3 is 0 Å². The van der Waals surface area contributed by atoms with Gasteiger partial charge in [-0.25, -0.2) is 5.43 Å². The van der Waals surface area contributed by atoms with Crippen molar-refractivity contribution in [2.75, 3.05) is 12.9 Å². The molecule has 0 bridgehead atoms. The lowest BCUT2D eigenvalue weighted by molar-refractivity contribution is -0.118. The van der Waals surface area contributed by atoms with Crippen LogP contribution in [0.25, 0.3) is 17.1 Å². The molecule has 1 heterocycles. The van der Waals surface area contributed by atoms with Crippen LogP contribution in [0.3, 0.4) is 0 Å². The Morgan fingerprint density at radius 3 is 2.30 bits per heavy atom. The number of rotatable bonds is 8. The summed E-state index contributed by atoms with van der Waals surface area (Å²) in [4.78, 5) is 12.5. The average Bonchev–Trinajstić information content (AvgIpc) is 3.31. The van der Waals surface area contributed by atoms with Gasteiger partial charge in [-0.3, -0.25) is 9.36 Å². The number of benzene rings is 3. The molecule has 3 aromatic carbocycles. The van der Waals surface area contributed by atoms with Gasteiger partial charge in [0.05, 0.1) is 19.1 Å². The van der Waals surface area contributed by atoms with E-state index < -0.39 is 0 Å². The van der Waals surface area contributed by atoms with Gasteiger partial charge in [0.25, 0.3) is 5.91 Å². The molecule has 1 amide bonds. The van der Waals surface area contributed by atoms with Crippen LogP contribution >= 0.6 is 11.8 Å². The van der Waals surface area contributed by atoms with E-state index in [0.29, 0.717) is 11.0 Å². The van der Waals surface area contributed by atoms with E-state index in [1.54, 1.807) is 13.3 Å². The SMILES string of the molecule is COc1ccc(-c2nnc(SCC(=O)NN=Cc3ccc(C(C)(C)C)cc3)n2-c2ccc(C)cc2)cc1. The maximum atomic E-state index is 12.5. The third-order valence-electron chi connectivity index (χ3n) is 5.79. The van der Waals surface area contributed by atoms with Crippen LogP contribution < -0.4 is 10.2 Å². The fourth-order valence-corrected chi connectivity index (χ4v) is 4.37. The van der Waals surface area contributed by atoms with E-state index in [9.17, 15) is 4.79 Å². The fourth-order valence-electron chi connectivity index (χ4n) is 3.63. The summed E-state index contributed by atoms with van der Waals surface area (Å²) in [5.41, 5.74) is 7.83. The molecule has 1 aromatic heterocycles. The quantitative estimate of drug-likeness (QED) is 0.183. The predicted molar refractivity (Wildman–Crippen MR) is 150 cm³/mol. The van der Waals surface area contributed by atoms with Crippen molar-refractivity contribution in [2.45, 2.75) is 38.3 Å². The molecule has 8 heteroatoms. The lowest BCUT2D eigenvalue weighted by Gasteiger charge is -2.18. The third-order valence-corrected chi connectivity index (χ3v) is 6.71. The molecule has 0 radical (unpaired) electrons. The Bertz CT molecular complexity index is 1370. The Labute approximate surface area is 222 Å². The van der Waals surface area contributed by atoms with E-state index in [-0.39, 0.29) is 17.1 Å². The predicted octanol–water partition coefficient (Wildman–Crippen LogP) is 5.79. The monoisotopic (exact) mass is 513 g/mol. The number of amides is 1. The minimum atomic E-state index is -0.225. The fraction of sp³-hybridized carbons (Fsp3) is 0.241. The van der Waals surface area contributed by atoms with E-state index in [4.69, 9.17) is 4.74 Å². The second-order valence-corrected chi connectivity index (χ2v) is 10.6. The van der Waals surface area contributed by atoms with Gasteiger partial charge in [-0.05, 0) is 59.9 Å². The van der Waals surface area contributed by atoms with Crippen LogP contribution in [-0.4, -0.2) is 39.7 Å². The number of thioether (sulfide) groups is 1. The highest BCUT2D eigenvalue weighted by molar-refractivity contribution is 7.99. The summed E-state index contributed by atoms with van der Waals surface area (Å²) in [6, 6.07) is 23.9. The molecule has 0 saturated heterocycles. The van der Waals surface area contributed by atoms with Crippen LogP contribution in [0.1, 0.15) is 37.5 Å². The molecular formula is C29H31N5O2S. The first-order valence-corrected chi connectivity index (χ1v) is 13.0. The molecule has 7 nitrogen and oxygen atoms in total. The van der Waals surface area contributed by atoms with Gasteiger partial charge in [-0.15, -0.1) is 10.2 Å². The number of nitrogens with zero attached hydrogens (tertiary/aromatic N) is 4. The lowest BCUT2D eigenvalue weighted by Crippen LogP contribution is -2.20. The second kappa shape index (κ2) is 11.4. The summed E-state index contributed by atoms with van der Waals surface area (Å²) >= 11 is 1.31. The summed E-state index contributed by atoms with van der Waals surface area (Å²) < 4.78 is 7.24. The molecule has 0 atom stereocenters. The van der Waals surface area contributed by atoms with Crippen molar-refractivity contribution in [3.63, 3.8) is 0 Å². The molecule has 4 aromatic rings. The van der Waals surface area contributed by atoms with Crippen molar-refractivity contribution in [3.05, 3.63) is 89.5 Å². The largest absolute Gasteiger partial charge is 0.497 e. The van der Waals surface area contributed by atoms with Crippen molar-refractivity contribution in [1.82, 2.24) is 20.2 Å². The molecule has 0 aliphatic rings. The van der Waals surface area contributed by atoms with Crippen molar-refractivity contribution in [2.24, 2.45) is 5.10 Å². The third kappa shape index (κ3) is 6.65. The van der Waals surface area contributed by atoms with Gasteiger partial charge in [-0.2, -0.15) is 5.10 Å². The zero-order valence-corrected chi connectivity index (χ0v) is 22.5. The van der Waals surface area contributed by atoms with Crippen LogP contribution in [0.4, 0.5) is 0 Å². The standard InChI is InChI=1S/C29H31N5O2S/c1-20-6-14-24(15-7-20)34-27(22-10-16-25(36-5)17-11-22)32-33-28(34)37-19-26(35)31-30-18-21-8-12-23(13-9-21)29(2,3)4/h6-18H,19H2,1-5H3,(H,31,35). The topological polar surface area (TPSA) is 81.4 Å². The van der Waals surface area contributed by atoms with Gasteiger partial charge in [0.15, 0.2) is 11.0 Å². The number of ether oxygens (including phenoxy) is 1. The molecule has 0 unspecified atom stereocenters. The average molecular weight is 514 g/mol. The maximum Gasteiger partial charge on any atom is 0.250 e.